The van der Waals surface area contributed by atoms with Crippen molar-refractivity contribution in [2.75, 3.05) is 18.2 Å². The lowest BCUT2D eigenvalue weighted by Gasteiger charge is -2.06. The molecule has 0 radical (unpaired) electrons. The first-order chi connectivity index (χ1) is 15.6. The van der Waals surface area contributed by atoms with Crippen LogP contribution in [0.4, 0.5) is 5.69 Å². The van der Waals surface area contributed by atoms with Crippen LogP contribution < -0.4 is 10.1 Å². The monoisotopic (exact) mass is 450 g/mol. The van der Waals surface area contributed by atoms with Gasteiger partial charge in [-0.3, -0.25) is 9.36 Å². The zero-order chi connectivity index (χ0) is 22.5. The van der Waals surface area contributed by atoms with Crippen molar-refractivity contribution < 1.29 is 14.1 Å². The molecule has 2 aromatic carbocycles. The Bertz CT molecular complexity index is 1200. The number of ether oxygens (including phenoxy) is 1. The number of hydrogen-bond donors (Lipinski definition) is 1. The molecule has 0 fully saturated rings. The fraction of sp³-hybridized carbons (Fsp3) is 0.227. The fourth-order valence-corrected chi connectivity index (χ4v) is 3.78. The molecule has 1 N–H and O–H groups in total. The highest BCUT2D eigenvalue weighted by atomic mass is 32.2. The standard InChI is InChI=1S/C22H22N6O3S/c1-4-28-20(21-24-19(27-31-21)15-7-11-17(30-3)12-8-15)25-26-22(28)32-13-18(29)23-16-9-5-14(2)6-10-16/h5-12H,4,13H2,1-3H3,(H,23,29). The van der Waals surface area contributed by atoms with E-state index >= 15 is 0 Å². The van der Waals surface area contributed by atoms with Crippen LogP contribution in [-0.2, 0) is 11.3 Å². The van der Waals surface area contributed by atoms with E-state index in [9.17, 15) is 4.79 Å². The highest BCUT2D eigenvalue weighted by Crippen LogP contribution is 2.26. The second-order valence-corrected chi connectivity index (χ2v) is 7.85. The zero-order valence-corrected chi connectivity index (χ0v) is 18.7. The summed E-state index contributed by atoms with van der Waals surface area (Å²) in [5.74, 6) is 2.00. The van der Waals surface area contributed by atoms with Gasteiger partial charge in [-0.25, -0.2) is 0 Å². The Kier molecular flexibility index (Phi) is 6.50. The van der Waals surface area contributed by atoms with Crippen molar-refractivity contribution in [2.24, 2.45) is 0 Å². The van der Waals surface area contributed by atoms with Crippen molar-refractivity contribution >= 4 is 23.4 Å². The minimum Gasteiger partial charge on any atom is -0.497 e. The number of carbonyl (C=O) groups excluding carboxylic acids is 1. The molecule has 2 aromatic heterocycles. The van der Waals surface area contributed by atoms with E-state index in [1.54, 1.807) is 7.11 Å². The molecule has 32 heavy (non-hydrogen) atoms. The van der Waals surface area contributed by atoms with Gasteiger partial charge in [0.1, 0.15) is 5.75 Å². The summed E-state index contributed by atoms with van der Waals surface area (Å²) in [6.45, 7) is 4.55. The average molecular weight is 451 g/mol. The number of aromatic nitrogens is 5. The molecule has 0 bridgehead atoms. The topological polar surface area (TPSA) is 108 Å². The maximum atomic E-state index is 12.3. The third kappa shape index (κ3) is 4.80. The van der Waals surface area contributed by atoms with Crippen LogP contribution in [-0.4, -0.2) is 43.7 Å². The summed E-state index contributed by atoms with van der Waals surface area (Å²) in [6.07, 6.45) is 0. The molecule has 0 atom stereocenters. The molecule has 1 amide bonds. The number of rotatable bonds is 8. The Balaban J connectivity index is 1.45. The van der Waals surface area contributed by atoms with Crippen LogP contribution in [0, 0.1) is 6.92 Å². The van der Waals surface area contributed by atoms with Crippen LogP contribution >= 0.6 is 11.8 Å². The largest absolute Gasteiger partial charge is 0.497 e. The summed E-state index contributed by atoms with van der Waals surface area (Å²) in [5, 5.41) is 15.9. The van der Waals surface area contributed by atoms with Gasteiger partial charge in [0.05, 0.1) is 12.9 Å². The van der Waals surface area contributed by atoms with Crippen molar-refractivity contribution in [3.63, 3.8) is 0 Å². The minimum atomic E-state index is -0.120. The Morgan fingerprint density at radius 3 is 2.56 bits per heavy atom. The molecule has 4 rings (SSSR count). The van der Waals surface area contributed by atoms with Crippen LogP contribution in [0.25, 0.3) is 23.1 Å². The first-order valence-corrected chi connectivity index (χ1v) is 11.0. The van der Waals surface area contributed by atoms with Gasteiger partial charge >= 0.3 is 0 Å². The Labute approximate surface area is 189 Å². The first-order valence-electron chi connectivity index (χ1n) is 9.98. The molecule has 0 aliphatic heterocycles. The van der Waals surface area contributed by atoms with E-state index < -0.39 is 0 Å². The van der Waals surface area contributed by atoms with Gasteiger partial charge in [0.15, 0.2) is 5.16 Å². The number of amides is 1. The second-order valence-electron chi connectivity index (χ2n) is 6.90. The van der Waals surface area contributed by atoms with Crippen LogP contribution in [0.2, 0.25) is 0 Å². The number of carbonyl (C=O) groups is 1. The molecular formula is C22H22N6O3S. The number of hydrogen-bond acceptors (Lipinski definition) is 8. The van der Waals surface area contributed by atoms with Crippen molar-refractivity contribution in [3.05, 3.63) is 54.1 Å². The minimum absolute atomic E-state index is 0.120. The molecule has 9 nitrogen and oxygen atoms in total. The highest BCUT2D eigenvalue weighted by molar-refractivity contribution is 7.99. The number of benzene rings is 2. The number of nitrogens with one attached hydrogen (secondary N) is 1. The Morgan fingerprint density at radius 2 is 1.88 bits per heavy atom. The number of methoxy groups -OCH3 is 1. The van der Waals surface area contributed by atoms with Gasteiger partial charge in [-0.1, -0.05) is 34.6 Å². The van der Waals surface area contributed by atoms with E-state index in [0.29, 0.717) is 23.4 Å². The lowest BCUT2D eigenvalue weighted by molar-refractivity contribution is -0.113. The lowest BCUT2D eigenvalue weighted by atomic mass is 10.2. The van der Waals surface area contributed by atoms with Gasteiger partial charge in [-0.15, -0.1) is 10.2 Å². The Hall–Kier alpha value is -3.66. The highest BCUT2D eigenvalue weighted by Gasteiger charge is 2.20. The number of nitrogens with zero attached hydrogens (tertiary/aromatic N) is 5. The number of anilines is 1. The molecule has 0 unspecified atom stereocenters. The molecule has 164 valence electrons. The van der Waals surface area contributed by atoms with Crippen LogP contribution in [0.1, 0.15) is 12.5 Å². The van der Waals surface area contributed by atoms with E-state index in [1.165, 1.54) is 11.8 Å². The molecule has 0 saturated carbocycles. The van der Waals surface area contributed by atoms with Gasteiger partial charge in [-0.2, -0.15) is 4.98 Å². The molecule has 10 heteroatoms. The summed E-state index contributed by atoms with van der Waals surface area (Å²) in [4.78, 5) is 16.8. The van der Waals surface area contributed by atoms with E-state index in [2.05, 4.69) is 25.7 Å². The van der Waals surface area contributed by atoms with Gasteiger partial charge in [-0.05, 0) is 50.2 Å². The second kappa shape index (κ2) is 9.65. The van der Waals surface area contributed by atoms with Crippen LogP contribution in [0.5, 0.6) is 5.75 Å². The van der Waals surface area contributed by atoms with E-state index in [0.717, 1.165) is 22.6 Å². The smallest absolute Gasteiger partial charge is 0.296 e. The van der Waals surface area contributed by atoms with Gasteiger partial charge < -0.3 is 14.6 Å². The van der Waals surface area contributed by atoms with Crippen LogP contribution in [0.15, 0.2) is 58.2 Å². The number of aryl methyl sites for hydroxylation is 1. The van der Waals surface area contributed by atoms with Crippen molar-refractivity contribution in [2.45, 2.75) is 25.5 Å². The van der Waals surface area contributed by atoms with E-state index in [4.69, 9.17) is 9.26 Å². The van der Waals surface area contributed by atoms with Crippen LogP contribution in [0.3, 0.4) is 0 Å². The predicted octanol–water partition coefficient (Wildman–Crippen LogP) is 4.06. The summed E-state index contributed by atoms with van der Waals surface area (Å²) < 4.78 is 12.4. The molecule has 0 saturated heterocycles. The molecule has 2 heterocycles. The summed E-state index contributed by atoms with van der Waals surface area (Å²) in [7, 11) is 1.61. The maximum Gasteiger partial charge on any atom is 0.296 e. The van der Waals surface area contributed by atoms with E-state index in [1.807, 2.05) is 66.9 Å². The van der Waals surface area contributed by atoms with Gasteiger partial charge in [0, 0.05) is 17.8 Å². The lowest BCUT2D eigenvalue weighted by Crippen LogP contribution is -2.14. The van der Waals surface area contributed by atoms with Gasteiger partial charge in [0.2, 0.25) is 17.6 Å². The number of thioether (sulfide) groups is 1. The van der Waals surface area contributed by atoms with Crippen molar-refractivity contribution in [1.29, 1.82) is 0 Å². The molecule has 0 aliphatic rings. The van der Waals surface area contributed by atoms with Crippen molar-refractivity contribution in [3.8, 4) is 28.9 Å². The zero-order valence-electron chi connectivity index (χ0n) is 17.9. The molecule has 0 aliphatic carbocycles. The third-order valence-electron chi connectivity index (χ3n) is 4.67. The normalized spacial score (nSPS) is 10.8. The average Bonchev–Trinajstić information content (AvgIpc) is 3.46. The third-order valence-corrected chi connectivity index (χ3v) is 5.63. The fourth-order valence-electron chi connectivity index (χ4n) is 2.97. The summed E-state index contributed by atoms with van der Waals surface area (Å²) >= 11 is 1.30. The Morgan fingerprint density at radius 1 is 1.12 bits per heavy atom. The van der Waals surface area contributed by atoms with E-state index in [-0.39, 0.29) is 17.6 Å². The predicted molar refractivity (Wildman–Crippen MR) is 122 cm³/mol. The molecular weight excluding hydrogens is 428 g/mol. The SMILES string of the molecule is CCn1c(SCC(=O)Nc2ccc(C)cc2)nnc1-c1nc(-c2ccc(OC)cc2)no1. The van der Waals surface area contributed by atoms with Gasteiger partial charge in [0.25, 0.3) is 5.89 Å². The molecule has 0 spiro atoms. The molecule has 4 aromatic rings. The maximum absolute atomic E-state index is 12.3. The summed E-state index contributed by atoms with van der Waals surface area (Å²) in [5.41, 5.74) is 2.69. The summed E-state index contributed by atoms with van der Waals surface area (Å²) in [6, 6.07) is 15.0. The van der Waals surface area contributed by atoms with Crippen molar-refractivity contribution in [1.82, 2.24) is 24.9 Å². The first kappa shape index (κ1) is 21.6. The quantitative estimate of drug-likeness (QED) is 0.400.